The summed E-state index contributed by atoms with van der Waals surface area (Å²) >= 11 is 0. The number of hydrogen-bond donors (Lipinski definition) is 0. The van der Waals surface area contributed by atoms with Crippen molar-refractivity contribution in [2.75, 3.05) is 6.54 Å². The fourth-order valence-electron chi connectivity index (χ4n) is 3.12. The second-order valence-corrected chi connectivity index (χ2v) is 5.62. The van der Waals surface area contributed by atoms with Crippen LogP contribution in [0.1, 0.15) is 37.7 Å². The van der Waals surface area contributed by atoms with E-state index < -0.39 is 0 Å². The third-order valence-electron chi connectivity index (χ3n) is 4.20. The van der Waals surface area contributed by atoms with E-state index in [9.17, 15) is 14.9 Å². The van der Waals surface area contributed by atoms with Crippen LogP contribution < -0.4 is 0 Å². The number of nitrogens with zero attached hydrogens (tertiary/aromatic N) is 1. The van der Waals surface area contributed by atoms with Gasteiger partial charge in [-0.05, 0) is 31.2 Å². The summed E-state index contributed by atoms with van der Waals surface area (Å²) in [4.78, 5) is 22.6. The summed E-state index contributed by atoms with van der Waals surface area (Å²) in [5, 5.41) is 10.9. The molecule has 1 aromatic carbocycles. The van der Waals surface area contributed by atoms with Gasteiger partial charge in [0.2, 0.25) is 6.54 Å². The van der Waals surface area contributed by atoms with Crippen molar-refractivity contribution < 1.29 is 9.72 Å². The van der Waals surface area contributed by atoms with Crippen LogP contribution in [0.5, 0.6) is 0 Å². The van der Waals surface area contributed by atoms with Crippen LogP contribution in [0, 0.1) is 22.0 Å². The number of benzene rings is 1. The molecule has 108 valence electrons. The average molecular weight is 275 g/mol. The molecule has 2 rings (SSSR count). The van der Waals surface area contributed by atoms with Gasteiger partial charge in [-0.2, -0.15) is 0 Å². The van der Waals surface area contributed by atoms with E-state index in [0.717, 1.165) is 32.1 Å². The predicted octanol–water partition coefficient (Wildman–Crippen LogP) is 3.27. The molecule has 0 aliphatic heterocycles. The zero-order valence-corrected chi connectivity index (χ0v) is 11.7. The Morgan fingerprint density at radius 1 is 1.25 bits per heavy atom. The van der Waals surface area contributed by atoms with E-state index in [-0.39, 0.29) is 29.1 Å². The molecule has 0 amide bonds. The first-order chi connectivity index (χ1) is 9.66. The molecule has 1 saturated carbocycles. The Kier molecular flexibility index (Phi) is 5.27. The van der Waals surface area contributed by atoms with Crippen molar-refractivity contribution in [1.82, 2.24) is 0 Å². The summed E-state index contributed by atoms with van der Waals surface area (Å²) in [5.41, 5.74) is 1.18. The maximum atomic E-state index is 12.0. The minimum Gasteiger partial charge on any atom is -0.299 e. The Labute approximate surface area is 119 Å². The highest BCUT2D eigenvalue weighted by Crippen LogP contribution is 2.30. The summed E-state index contributed by atoms with van der Waals surface area (Å²) in [6.45, 7) is -0.0801. The summed E-state index contributed by atoms with van der Waals surface area (Å²) in [7, 11) is 0. The highest BCUT2D eigenvalue weighted by molar-refractivity contribution is 5.81. The van der Waals surface area contributed by atoms with Crippen LogP contribution in [-0.2, 0) is 11.2 Å². The van der Waals surface area contributed by atoms with E-state index in [2.05, 4.69) is 0 Å². The molecular formula is C16H21NO3. The number of rotatable bonds is 6. The fraction of sp³-hybridized carbons (Fsp3) is 0.562. The van der Waals surface area contributed by atoms with Gasteiger partial charge in [0, 0.05) is 23.2 Å². The van der Waals surface area contributed by atoms with Crippen molar-refractivity contribution in [3.63, 3.8) is 0 Å². The Morgan fingerprint density at radius 3 is 2.65 bits per heavy atom. The number of hydrogen-bond acceptors (Lipinski definition) is 3. The number of ketones is 1. The van der Waals surface area contributed by atoms with Gasteiger partial charge in [-0.3, -0.25) is 14.9 Å². The topological polar surface area (TPSA) is 60.2 Å². The lowest BCUT2D eigenvalue weighted by molar-refractivity contribution is -0.489. The van der Waals surface area contributed by atoms with Crippen molar-refractivity contribution in [2.24, 2.45) is 11.8 Å². The lowest BCUT2D eigenvalue weighted by Crippen LogP contribution is -2.31. The molecule has 1 aromatic rings. The first-order valence-electron chi connectivity index (χ1n) is 7.35. The van der Waals surface area contributed by atoms with E-state index >= 15 is 0 Å². The highest BCUT2D eigenvalue weighted by Gasteiger charge is 2.32. The van der Waals surface area contributed by atoms with Crippen LogP contribution in [0.25, 0.3) is 0 Å². The number of aryl methyl sites for hydroxylation is 1. The maximum Gasteiger partial charge on any atom is 0.207 e. The molecule has 1 aliphatic carbocycles. The molecule has 2 atom stereocenters. The first kappa shape index (κ1) is 14.7. The van der Waals surface area contributed by atoms with Gasteiger partial charge in [0.05, 0.1) is 0 Å². The fourth-order valence-corrected chi connectivity index (χ4v) is 3.12. The number of carbonyl (C=O) groups excluding carboxylic acids is 1. The molecule has 1 aliphatic rings. The number of carbonyl (C=O) groups is 1. The Morgan fingerprint density at radius 2 is 2.00 bits per heavy atom. The van der Waals surface area contributed by atoms with E-state index in [0.29, 0.717) is 6.42 Å². The van der Waals surface area contributed by atoms with Crippen molar-refractivity contribution in [2.45, 2.75) is 38.5 Å². The minimum atomic E-state index is -0.266. The molecule has 0 bridgehead atoms. The van der Waals surface area contributed by atoms with Crippen molar-refractivity contribution in [3.8, 4) is 0 Å². The molecule has 0 saturated heterocycles. The summed E-state index contributed by atoms with van der Waals surface area (Å²) in [6, 6.07) is 9.98. The smallest absolute Gasteiger partial charge is 0.207 e. The van der Waals surface area contributed by atoms with E-state index in [1.807, 2.05) is 30.3 Å². The first-order valence-corrected chi connectivity index (χ1v) is 7.35. The molecule has 0 spiro atoms. The third-order valence-corrected chi connectivity index (χ3v) is 4.20. The molecular weight excluding hydrogens is 254 g/mol. The lowest BCUT2D eigenvalue weighted by atomic mass is 9.77. The normalized spacial score (nSPS) is 20.6. The summed E-state index contributed by atoms with van der Waals surface area (Å²) in [6.07, 6.45) is 4.93. The monoisotopic (exact) mass is 275 g/mol. The van der Waals surface area contributed by atoms with Crippen LogP contribution in [-0.4, -0.2) is 17.3 Å². The molecule has 0 unspecified atom stereocenters. The maximum absolute atomic E-state index is 12.0. The minimum absolute atomic E-state index is 0.0801. The van der Waals surface area contributed by atoms with E-state index in [4.69, 9.17) is 0 Å². The molecule has 0 N–H and O–H groups in total. The highest BCUT2D eigenvalue weighted by atomic mass is 16.6. The van der Waals surface area contributed by atoms with Crippen LogP contribution >= 0.6 is 0 Å². The Bertz CT molecular complexity index is 458. The Hall–Kier alpha value is -1.71. The Balaban J connectivity index is 1.99. The molecule has 0 aromatic heterocycles. The zero-order valence-electron chi connectivity index (χ0n) is 11.7. The summed E-state index contributed by atoms with van der Waals surface area (Å²) in [5.74, 6) is 0.0204. The van der Waals surface area contributed by atoms with E-state index in [1.54, 1.807) is 0 Å². The van der Waals surface area contributed by atoms with Gasteiger partial charge in [-0.15, -0.1) is 0 Å². The van der Waals surface area contributed by atoms with Gasteiger partial charge < -0.3 is 0 Å². The van der Waals surface area contributed by atoms with Crippen LogP contribution in [0.2, 0.25) is 0 Å². The van der Waals surface area contributed by atoms with Gasteiger partial charge in [0.1, 0.15) is 5.78 Å². The molecule has 1 fully saturated rings. The SMILES string of the molecule is O=C1CCCC[C@H]1[C@H](CCc1ccccc1)C[N+](=O)[O-]. The number of nitro groups is 1. The van der Waals surface area contributed by atoms with Crippen molar-refractivity contribution in [3.05, 3.63) is 46.0 Å². The van der Waals surface area contributed by atoms with Crippen LogP contribution in [0.3, 0.4) is 0 Å². The second-order valence-electron chi connectivity index (χ2n) is 5.62. The molecule has 4 heteroatoms. The predicted molar refractivity (Wildman–Crippen MR) is 77.1 cm³/mol. The van der Waals surface area contributed by atoms with Crippen LogP contribution in [0.4, 0.5) is 0 Å². The molecule has 20 heavy (non-hydrogen) atoms. The van der Waals surface area contributed by atoms with Crippen molar-refractivity contribution in [1.29, 1.82) is 0 Å². The van der Waals surface area contributed by atoms with E-state index in [1.165, 1.54) is 5.56 Å². The molecule has 0 heterocycles. The quantitative estimate of drug-likeness (QED) is 0.591. The summed E-state index contributed by atoms with van der Waals surface area (Å²) < 4.78 is 0. The van der Waals surface area contributed by atoms with Gasteiger partial charge in [-0.25, -0.2) is 0 Å². The van der Waals surface area contributed by atoms with Gasteiger partial charge in [-0.1, -0.05) is 36.8 Å². The van der Waals surface area contributed by atoms with Gasteiger partial charge >= 0.3 is 0 Å². The molecule has 4 nitrogen and oxygen atoms in total. The third kappa shape index (κ3) is 4.15. The van der Waals surface area contributed by atoms with Gasteiger partial charge in [0.25, 0.3) is 0 Å². The largest absolute Gasteiger partial charge is 0.299 e. The average Bonchev–Trinajstić information content (AvgIpc) is 2.45. The van der Waals surface area contributed by atoms with Gasteiger partial charge in [0.15, 0.2) is 0 Å². The number of Topliss-reactive ketones (excluding diaryl/α,β-unsaturated/α-hetero) is 1. The lowest BCUT2D eigenvalue weighted by Gasteiger charge is -2.26. The van der Waals surface area contributed by atoms with Crippen LogP contribution in [0.15, 0.2) is 30.3 Å². The second kappa shape index (κ2) is 7.17. The standard InChI is InChI=1S/C16H21NO3/c18-16-9-5-4-8-15(16)14(12-17(19)20)11-10-13-6-2-1-3-7-13/h1-3,6-7,14-15H,4-5,8-12H2/t14-,15+/m1/s1. The molecule has 0 radical (unpaired) electrons. The van der Waals surface area contributed by atoms with Crippen molar-refractivity contribution >= 4 is 5.78 Å². The zero-order chi connectivity index (χ0) is 14.4.